The lowest BCUT2D eigenvalue weighted by Crippen LogP contribution is -2.46. The predicted octanol–water partition coefficient (Wildman–Crippen LogP) is 1.12. The first-order valence-electron chi connectivity index (χ1n) is 7.19. The van der Waals surface area contributed by atoms with Crippen LogP contribution < -0.4 is 0 Å². The van der Waals surface area contributed by atoms with Crippen molar-refractivity contribution >= 4 is 16.0 Å². The Morgan fingerprint density at radius 2 is 2.14 bits per heavy atom. The first-order valence-corrected chi connectivity index (χ1v) is 8.63. The second-order valence-corrected chi connectivity index (χ2v) is 7.68. The lowest BCUT2D eigenvalue weighted by atomic mass is 9.85. The second-order valence-electron chi connectivity index (χ2n) is 5.87. The van der Waals surface area contributed by atoms with Gasteiger partial charge < -0.3 is 10.1 Å². The summed E-state index contributed by atoms with van der Waals surface area (Å²) in [6.07, 6.45) is 5.31. The summed E-state index contributed by atoms with van der Waals surface area (Å²) in [6, 6.07) is -1.17. The van der Waals surface area contributed by atoms with Crippen molar-refractivity contribution in [3.8, 4) is 0 Å². The minimum absolute atomic E-state index is 0.0162. The molecule has 2 aliphatic rings. The number of nitrogens with zero attached hydrogens (tertiary/aromatic N) is 2. The molecule has 1 aliphatic carbocycles. The summed E-state index contributed by atoms with van der Waals surface area (Å²) in [4.78, 5) is 18.1. The standard InChI is InChI=1S/C13H19N3O4S/c1-8-14-7-12(15-8)21(19,20)16-10-5-3-2-4-9(10)6-11(16)13(17)18/h7,9-11H,2-6H2,1H3,(H,14,15)(H,17,18). The average Bonchev–Trinajstić information content (AvgIpc) is 3.02. The first kappa shape index (κ1) is 14.5. The van der Waals surface area contributed by atoms with Crippen molar-refractivity contribution in [3.63, 3.8) is 0 Å². The van der Waals surface area contributed by atoms with Gasteiger partial charge in [-0.05, 0) is 32.1 Å². The molecule has 1 aliphatic heterocycles. The number of rotatable bonds is 3. The van der Waals surface area contributed by atoms with Crippen LogP contribution >= 0.6 is 0 Å². The molecule has 0 aromatic carbocycles. The number of sulfonamides is 1. The molecule has 1 saturated heterocycles. The number of aromatic nitrogens is 2. The minimum atomic E-state index is -3.85. The van der Waals surface area contributed by atoms with E-state index in [1.165, 1.54) is 10.5 Å². The number of aliphatic carboxylic acids is 1. The highest BCUT2D eigenvalue weighted by Crippen LogP contribution is 2.42. The summed E-state index contributed by atoms with van der Waals surface area (Å²) in [6.45, 7) is 1.67. The highest BCUT2D eigenvalue weighted by Gasteiger charge is 2.51. The van der Waals surface area contributed by atoms with Crippen LogP contribution in [0.25, 0.3) is 0 Å². The predicted molar refractivity (Wildman–Crippen MR) is 74.1 cm³/mol. The molecular weight excluding hydrogens is 294 g/mol. The molecule has 1 saturated carbocycles. The molecule has 2 N–H and O–H groups in total. The van der Waals surface area contributed by atoms with Crippen LogP contribution in [0.1, 0.15) is 37.9 Å². The third-order valence-electron chi connectivity index (χ3n) is 4.55. The van der Waals surface area contributed by atoms with Crippen LogP contribution in [0.15, 0.2) is 11.2 Å². The van der Waals surface area contributed by atoms with Gasteiger partial charge in [-0.25, -0.2) is 13.4 Å². The van der Waals surface area contributed by atoms with E-state index in [0.717, 1.165) is 25.7 Å². The Balaban J connectivity index is 2.02. The maximum absolute atomic E-state index is 12.8. The smallest absolute Gasteiger partial charge is 0.322 e. The maximum atomic E-state index is 12.8. The molecule has 0 amide bonds. The van der Waals surface area contributed by atoms with Gasteiger partial charge in [0.2, 0.25) is 0 Å². The molecular formula is C13H19N3O4S. The highest BCUT2D eigenvalue weighted by molar-refractivity contribution is 7.89. The molecule has 3 atom stereocenters. The molecule has 2 fully saturated rings. The van der Waals surface area contributed by atoms with Gasteiger partial charge in [-0.15, -0.1) is 0 Å². The summed E-state index contributed by atoms with van der Waals surface area (Å²) < 4.78 is 26.8. The Kier molecular flexibility index (Phi) is 3.53. The van der Waals surface area contributed by atoms with E-state index >= 15 is 0 Å². The summed E-state index contributed by atoms with van der Waals surface area (Å²) >= 11 is 0. The number of aryl methyl sites for hydroxylation is 1. The van der Waals surface area contributed by atoms with E-state index in [1.54, 1.807) is 6.92 Å². The summed E-state index contributed by atoms with van der Waals surface area (Å²) in [5.41, 5.74) is 0. The van der Waals surface area contributed by atoms with Gasteiger partial charge in [-0.3, -0.25) is 4.79 Å². The van der Waals surface area contributed by atoms with Gasteiger partial charge in [0.05, 0.1) is 6.20 Å². The van der Waals surface area contributed by atoms with E-state index in [-0.39, 0.29) is 17.0 Å². The Morgan fingerprint density at radius 1 is 1.43 bits per heavy atom. The Labute approximate surface area is 123 Å². The van der Waals surface area contributed by atoms with Gasteiger partial charge in [0.15, 0.2) is 5.03 Å². The molecule has 7 nitrogen and oxygen atoms in total. The number of fused-ring (bicyclic) bond motifs is 1. The van der Waals surface area contributed by atoms with Crippen LogP contribution in [0.5, 0.6) is 0 Å². The lowest BCUT2D eigenvalue weighted by Gasteiger charge is -2.31. The molecule has 1 aromatic heterocycles. The Morgan fingerprint density at radius 3 is 2.76 bits per heavy atom. The minimum Gasteiger partial charge on any atom is -0.480 e. The van der Waals surface area contributed by atoms with Crippen LogP contribution in [-0.2, 0) is 14.8 Å². The van der Waals surface area contributed by atoms with Crippen molar-refractivity contribution in [2.75, 3.05) is 0 Å². The number of aromatic amines is 1. The number of carboxylic acid groups (broad SMARTS) is 1. The molecule has 0 radical (unpaired) electrons. The van der Waals surface area contributed by atoms with Gasteiger partial charge in [0.1, 0.15) is 11.9 Å². The van der Waals surface area contributed by atoms with Crippen LogP contribution in [0.4, 0.5) is 0 Å². The molecule has 21 heavy (non-hydrogen) atoms. The third-order valence-corrected chi connectivity index (χ3v) is 6.39. The van der Waals surface area contributed by atoms with Crippen molar-refractivity contribution in [1.29, 1.82) is 0 Å². The van der Waals surface area contributed by atoms with Gasteiger partial charge in [0, 0.05) is 6.04 Å². The summed E-state index contributed by atoms with van der Waals surface area (Å²) in [5, 5.41) is 9.40. The topological polar surface area (TPSA) is 103 Å². The molecule has 8 heteroatoms. The first-order chi connectivity index (χ1) is 9.91. The van der Waals surface area contributed by atoms with Crippen LogP contribution in [-0.4, -0.2) is 45.9 Å². The van der Waals surface area contributed by atoms with E-state index in [0.29, 0.717) is 12.2 Å². The Hall–Kier alpha value is -1.41. The number of carbonyl (C=O) groups is 1. The summed E-state index contributed by atoms with van der Waals surface area (Å²) in [7, 11) is -3.85. The third kappa shape index (κ3) is 2.36. The quantitative estimate of drug-likeness (QED) is 0.870. The molecule has 116 valence electrons. The molecule has 3 rings (SSSR count). The van der Waals surface area contributed by atoms with Crippen molar-refractivity contribution < 1.29 is 18.3 Å². The van der Waals surface area contributed by atoms with Crippen molar-refractivity contribution in [1.82, 2.24) is 14.3 Å². The van der Waals surface area contributed by atoms with E-state index < -0.39 is 22.0 Å². The molecule has 2 heterocycles. The van der Waals surface area contributed by atoms with Crippen molar-refractivity contribution in [2.45, 2.75) is 56.1 Å². The monoisotopic (exact) mass is 313 g/mol. The average molecular weight is 313 g/mol. The van der Waals surface area contributed by atoms with Gasteiger partial charge in [-0.2, -0.15) is 4.31 Å². The fourth-order valence-electron chi connectivity index (χ4n) is 3.62. The van der Waals surface area contributed by atoms with Gasteiger partial charge in [0.25, 0.3) is 10.0 Å². The Bertz CT molecular complexity index is 654. The number of hydrogen-bond donors (Lipinski definition) is 2. The van der Waals surface area contributed by atoms with Crippen molar-refractivity contribution in [2.24, 2.45) is 5.92 Å². The zero-order chi connectivity index (χ0) is 15.2. The van der Waals surface area contributed by atoms with Crippen LogP contribution in [0.3, 0.4) is 0 Å². The number of nitrogens with one attached hydrogen (secondary N) is 1. The lowest BCUT2D eigenvalue weighted by molar-refractivity contribution is -0.141. The maximum Gasteiger partial charge on any atom is 0.322 e. The zero-order valence-electron chi connectivity index (χ0n) is 11.8. The van der Waals surface area contributed by atoms with Crippen molar-refractivity contribution in [3.05, 3.63) is 12.0 Å². The normalized spacial score (nSPS) is 30.2. The number of hydrogen-bond acceptors (Lipinski definition) is 4. The van der Waals surface area contributed by atoms with E-state index in [9.17, 15) is 18.3 Å². The fraction of sp³-hybridized carbons (Fsp3) is 0.692. The highest BCUT2D eigenvalue weighted by atomic mass is 32.2. The second kappa shape index (κ2) is 5.10. The number of carboxylic acids is 1. The SMILES string of the molecule is Cc1ncc(S(=O)(=O)N2C(C(=O)O)CC3CCCCC32)[nH]1. The van der Waals surface area contributed by atoms with Crippen LogP contribution in [0, 0.1) is 12.8 Å². The molecule has 0 spiro atoms. The van der Waals surface area contributed by atoms with E-state index in [2.05, 4.69) is 9.97 Å². The zero-order valence-corrected chi connectivity index (χ0v) is 12.6. The van der Waals surface area contributed by atoms with Gasteiger partial charge in [-0.1, -0.05) is 12.8 Å². The molecule has 1 aromatic rings. The molecule has 0 bridgehead atoms. The molecule has 3 unspecified atom stereocenters. The number of imidazole rings is 1. The number of H-pyrrole nitrogens is 1. The fourth-order valence-corrected chi connectivity index (χ4v) is 5.45. The van der Waals surface area contributed by atoms with E-state index in [1.807, 2.05) is 0 Å². The summed E-state index contributed by atoms with van der Waals surface area (Å²) in [5.74, 6) is -0.414. The van der Waals surface area contributed by atoms with E-state index in [4.69, 9.17) is 0 Å². The largest absolute Gasteiger partial charge is 0.480 e. The van der Waals surface area contributed by atoms with Crippen LogP contribution in [0.2, 0.25) is 0 Å². The van der Waals surface area contributed by atoms with Gasteiger partial charge >= 0.3 is 5.97 Å².